The van der Waals surface area contributed by atoms with E-state index in [0.717, 1.165) is 31.2 Å². The second-order valence-electron chi connectivity index (χ2n) is 18.4. The Labute approximate surface area is 286 Å². The summed E-state index contributed by atoms with van der Waals surface area (Å²) in [5, 5.41) is 3.45. The number of rotatable bonds is 6. The first kappa shape index (κ1) is 33.5. The number of benzene rings is 1. The number of amides is 1. The second-order valence-corrected chi connectivity index (χ2v) is 18.4. The van der Waals surface area contributed by atoms with Gasteiger partial charge in [0.15, 0.2) is 6.29 Å². The van der Waals surface area contributed by atoms with Crippen LogP contribution in [-0.2, 0) is 25.5 Å². The van der Waals surface area contributed by atoms with E-state index in [1.165, 1.54) is 50.7 Å². The quantitative estimate of drug-likeness (QED) is 0.341. The maximum atomic E-state index is 13.7. The zero-order valence-electron chi connectivity index (χ0n) is 30.1. The van der Waals surface area contributed by atoms with Gasteiger partial charge in [0.2, 0.25) is 5.91 Å². The standard InChI is InChI=1S/C40H58F2N2O4/c1-24-15-29(21-43-20-26-16-27(41)18-28(42)17-26)47-30-19-38(6)32-8-7-31-36(3,4)33(48-34-22-44(25(2)45)13-14-46-34)9-10-39(31)23-40(32,39)12-11-37(38,5)35(24)30/h16-18,24,29-35,43H,7-15,19-23H2,1-6H3/t24?,29?,30?,31?,32-,33?,34?,35?,37+,38-,39+,40-/m0/s1. The molecule has 5 aliphatic carbocycles. The molecule has 12 atom stereocenters. The summed E-state index contributed by atoms with van der Waals surface area (Å²) in [4.78, 5) is 13.9. The molecule has 1 amide bonds. The molecule has 2 spiro atoms. The Balaban J connectivity index is 0.958. The van der Waals surface area contributed by atoms with Gasteiger partial charge in [0.05, 0.1) is 31.5 Å². The third kappa shape index (κ3) is 4.84. The Morgan fingerprint density at radius 2 is 1.73 bits per heavy atom. The Morgan fingerprint density at radius 3 is 2.48 bits per heavy atom. The van der Waals surface area contributed by atoms with Gasteiger partial charge in [-0.15, -0.1) is 0 Å². The zero-order valence-corrected chi connectivity index (χ0v) is 30.1. The molecule has 0 bridgehead atoms. The summed E-state index contributed by atoms with van der Waals surface area (Å²) in [6.07, 6.45) is 11.3. The number of halogens is 2. The maximum absolute atomic E-state index is 13.7. The number of morpholine rings is 1. The number of hydrogen-bond donors (Lipinski definition) is 1. The van der Waals surface area contributed by atoms with Crippen molar-refractivity contribution in [2.24, 2.45) is 50.7 Å². The average molecular weight is 669 g/mol. The van der Waals surface area contributed by atoms with E-state index in [2.05, 4.69) is 39.9 Å². The van der Waals surface area contributed by atoms with Crippen molar-refractivity contribution >= 4 is 5.91 Å². The van der Waals surface area contributed by atoms with Gasteiger partial charge >= 0.3 is 0 Å². The second kappa shape index (κ2) is 11.4. The molecule has 7 unspecified atom stereocenters. The average Bonchev–Trinajstić information content (AvgIpc) is 3.61. The molecule has 266 valence electrons. The third-order valence-corrected chi connectivity index (χ3v) is 16.1. The summed E-state index contributed by atoms with van der Waals surface area (Å²) < 4.78 is 47.2. The number of hydrogen-bond acceptors (Lipinski definition) is 5. The largest absolute Gasteiger partial charge is 0.373 e. The van der Waals surface area contributed by atoms with Crippen molar-refractivity contribution in [3.8, 4) is 0 Å². The lowest BCUT2D eigenvalue weighted by molar-refractivity contribution is -0.246. The summed E-state index contributed by atoms with van der Waals surface area (Å²) >= 11 is 0. The molecule has 2 aliphatic heterocycles. The fraction of sp³-hybridized carbons (Fsp3) is 0.825. The Hall–Kier alpha value is -1.61. The molecule has 1 aromatic rings. The molecule has 6 nitrogen and oxygen atoms in total. The molecule has 5 saturated carbocycles. The van der Waals surface area contributed by atoms with E-state index in [9.17, 15) is 13.6 Å². The van der Waals surface area contributed by atoms with E-state index in [4.69, 9.17) is 14.2 Å². The maximum Gasteiger partial charge on any atom is 0.219 e. The molecule has 1 N–H and O–H groups in total. The molecule has 2 heterocycles. The third-order valence-electron chi connectivity index (χ3n) is 16.1. The number of nitrogens with zero attached hydrogens (tertiary/aromatic N) is 1. The molecular formula is C40H58F2N2O4. The minimum absolute atomic E-state index is 0.0645. The van der Waals surface area contributed by atoms with Crippen LogP contribution in [-0.4, -0.2) is 61.7 Å². The van der Waals surface area contributed by atoms with Gasteiger partial charge < -0.3 is 24.4 Å². The van der Waals surface area contributed by atoms with Gasteiger partial charge in [-0.05, 0) is 126 Å². The van der Waals surface area contributed by atoms with Crippen LogP contribution < -0.4 is 5.32 Å². The van der Waals surface area contributed by atoms with Gasteiger partial charge in [-0.25, -0.2) is 8.78 Å². The van der Waals surface area contributed by atoms with Crippen molar-refractivity contribution in [1.29, 1.82) is 0 Å². The summed E-state index contributed by atoms with van der Waals surface area (Å²) in [6, 6.07) is 3.74. The van der Waals surface area contributed by atoms with Crippen LogP contribution in [0.4, 0.5) is 8.78 Å². The van der Waals surface area contributed by atoms with E-state index in [0.29, 0.717) is 66.9 Å². The van der Waals surface area contributed by atoms with E-state index in [1.807, 2.05) is 4.90 Å². The monoisotopic (exact) mass is 668 g/mol. The predicted molar refractivity (Wildman–Crippen MR) is 180 cm³/mol. The van der Waals surface area contributed by atoms with Gasteiger partial charge in [-0.1, -0.05) is 34.6 Å². The molecule has 0 radical (unpaired) electrons. The number of ether oxygens (including phenoxy) is 3. The first-order chi connectivity index (χ1) is 22.7. The van der Waals surface area contributed by atoms with Crippen LogP contribution in [0.3, 0.4) is 0 Å². The summed E-state index contributed by atoms with van der Waals surface area (Å²) in [5.41, 5.74) is 2.09. The van der Waals surface area contributed by atoms with Crippen molar-refractivity contribution in [2.45, 2.75) is 130 Å². The first-order valence-electron chi connectivity index (χ1n) is 19.1. The number of carbonyl (C=O) groups excluding carboxylic acids is 1. The highest BCUT2D eigenvalue weighted by Crippen LogP contribution is 2.89. The molecule has 0 aromatic heterocycles. The first-order valence-corrected chi connectivity index (χ1v) is 19.1. The van der Waals surface area contributed by atoms with E-state index >= 15 is 0 Å². The summed E-state index contributed by atoms with van der Waals surface area (Å²) in [7, 11) is 0. The zero-order chi connectivity index (χ0) is 33.9. The lowest BCUT2D eigenvalue weighted by Gasteiger charge is -2.63. The fourth-order valence-corrected chi connectivity index (χ4v) is 14.0. The van der Waals surface area contributed by atoms with Crippen molar-refractivity contribution in [2.75, 3.05) is 26.2 Å². The van der Waals surface area contributed by atoms with Crippen LogP contribution in [0.2, 0.25) is 0 Å². The fourth-order valence-electron chi connectivity index (χ4n) is 14.0. The van der Waals surface area contributed by atoms with Crippen molar-refractivity contribution < 1.29 is 27.8 Å². The minimum Gasteiger partial charge on any atom is -0.373 e. The van der Waals surface area contributed by atoms with E-state index < -0.39 is 11.6 Å². The van der Waals surface area contributed by atoms with Gasteiger partial charge in [-0.3, -0.25) is 4.79 Å². The Kier molecular flexibility index (Phi) is 8.00. The Morgan fingerprint density at radius 1 is 1.00 bits per heavy atom. The molecule has 7 fully saturated rings. The summed E-state index contributed by atoms with van der Waals surface area (Å²) in [6.45, 7) is 17.2. The van der Waals surface area contributed by atoms with Crippen LogP contribution in [0.1, 0.15) is 105 Å². The van der Waals surface area contributed by atoms with Gasteiger partial charge in [0, 0.05) is 32.6 Å². The molecule has 48 heavy (non-hydrogen) atoms. The highest BCUT2D eigenvalue weighted by atomic mass is 19.1. The van der Waals surface area contributed by atoms with Crippen LogP contribution in [0.15, 0.2) is 18.2 Å². The number of carbonyl (C=O) groups is 1. The molecule has 1 aromatic carbocycles. The highest BCUT2D eigenvalue weighted by Gasteiger charge is 2.83. The smallest absolute Gasteiger partial charge is 0.219 e. The number of nitrogens with one attached hydrogen (secondary N) is 1. The van der Waals surface area contributed by atoms with Crippen LogP contribution in [0, 0.1) is 62.4 Å². The SMILES string of the molecule is CC(=O)N1CCOC(OC2CC[C@]34C[C@]35CC[C@]3(C)C6C(C)CC(CNCc7cc(F)cc(F)c7)OC6C[C@@]3(C)[C@@H]5CCC4C2(C)C)C1. The predicted octanol–water partition coefficient (Wildman–Crippen LogP) is 7.49. The van der Waals surface area contributed by atoms with Crippen molar-refractivity contribution in [3.05, 3.63) is 35.4 Å². The van der Waals surface area contributed by atoms with Crippen LogP contribution >= 0.6 is 0 Å². The van der Waals surface area contributed by atoms with Gasteiger partial charge in [0.1, 0.15) is 11.6 Å². The lowest BCUT2D eigenvalue weighted by Crippen LogP contribution is -2.58. The molecule has 7 aliphatic rings. The highest BCUT2D eigenvalue weighted by molar-refractivity contribution is 5.73. The van der Waals surface area contributed by atoms with Gasteiger partial charge in [0.25, 0.3) is 0 Å². The normalized spacial score (nSPS) is 47.3. The van der Waals surface area contributed by atoms with Crippen LogP contribution in [0.25, 0.3) is 0 Å². The number of fused-ring (bicyclic) bond motifs is 4. The topological polar surface area (TPSA) is 60.0 Å². The van der Waals surface area contributed by atoms with E-state index in [1.54, 1.807) is 6.92 Å². The molecule has 8 rings (SSSR count). The minimum atomic E-state index is -0.530. The lowest BCUT2D eigenvalue weighted by atomic mass is 9.41. The van der Waals surface area contributed by atoms with E-state index in [-0.39, 0.29) is 46.8 Å². The summed E-state index contributed by atoms with van der Waals surface area (Å²) in [5.74, 6) is 1.59. The van der Waals surface area contributed by atoms with Crippen LogP contribution in [0.5, 0.6) is 0 Å². The molecule has 8 heteroatoms. The van der Waals surface area contributed by atoms with Crippen molar-refractivity contribution in [3.63, 3.8) is 0 Å². The molecule has 2 saturated heterocycles. The van der Waals surface area contributed by atoms with Gasteiger partial charge in [-0.2, -0.15) is 0 Å². The van der Waals surface area contributed by atoms with Crippen molar-refractivity contribution in [1.82, 2.24) is 10.2 Å². The molecular weight excluding hydrogens is 610 g/mol. The Bertz CT molecular complexity index is 1420.